The molecule has 1 aliphatic rings. The number of hydrogen-bond donors (Lipinski definition) is 1. The van der Waals surface area contributed by atoms with Gasteiger partial charge >= 0.3 is 0 Å². The van der Waals surface area contributed by atoms with E-state index in [1.807, 2.05) is 0 Å². The lowest BCUT2D eigenvalue weighted by Gasteiger charge is -2.08. The second kappa shape index (κ2) is 7.25. The number of thiocarbonyl (C=S) groups is 1. The number of nitrogens with one attached hydrogen (secondary N) is 1. The molecule has 0 aliphatic carbocycles. The first-order valence-electron chi connectivity index (χ1n) is 7.02. The molecule has 2 aromatic rings. The maximum atomic E-state index is 11.9. The SMILES string of the molecule is CN1C(=O)/C(=C\c2ccc(COc3c(Cl)cc(Cl)cc3Cl)o2)NC1=S. The molecule has 0 bridgehead atoms. The van der Waals surface area contributed by atoms with E-state index in [1.54, 1.807) is 37.4 Å². The summed E-state index contributed by atoms with van der Waals surface area (Å²) in [5.74, 6) is 1.12. The summed E-state index contributed by atoms with van der Waals surface area (Å²) >= 11 is 23.0. The van der Waals surface area contributed by atoms with Gasteiger partial charge in [0.25, 0.3) is 5.91 Å². The Bertz CT molecular complexity index is 871. The minimum absolute atomic E-state index is 0.115. The zero-order chi connectivity index (χ0) is 18.1. The van der Waals surface area contributed by atoms with Gasteiger partial charge < -0.3 is 14.5 Å². The van der Waals surface area contributed by atoms with Crippen LogP contribution in [0, 0.1) is 0 Å². The standard InChI is InChI=1S/C16H11Cl3N2O3S/c1-21-15(22)13(20-16(21)25)6-9-2-3-10(24-9)7-23-14-11(18)4-8(17)5-12(14)19/h2-6H,7H2,1H3,(H,20,25)/b13-6+. The Morgan fingerprint density at radius 1 is 1.28 bits per heavy atom. The molecule has 9 heteroatoms. The molecule has 0 spiro atoms. The van der Waals surface area contributed by atoms with Crippen molar-refractivity contribution in [3.8, 4) is 5.75 Å². The summed E-state index contributed by atoms with van der Waals surface area (Å²) in [6, 6.07) is 6.52. The van der Waals surface area contributed by atoms with Crippen molar-refractivity contribution >= 4 is 64.1 Å². The van der Waals surface area contributed by atoms with Crippen LogP contribution < -0.4 is 10.1 Å². The van der Waals surface area contributed by atoms with Crippen LogP contribution >= 0.6 is 47.0 Å². The first-order chi connectivity index (χ1) is 11.8. The topological polar surface area (TPSA) is 54.7 Å². The molecule has 25 heavy (non-hydrogen) atoms. The number of ether oxygens (including phenoxy) is 1. The quantitative estimate of drug-likeness (QED) is 0.586. The van der Waals surface area contributed by atoms with Crippen LogP contribution in [0.4, 0.5) is 0 Å². The summed E-state index contributed by atoms with van der Waals surface area (Å²) in [6.45, 7) is 0.115. The van der Waals surface area contributed by atoms with E-state index in [0.29, 0.717) is 43.1 Å². The molecule has 0 atom stereocenters. The fraction of sp³-hybridized carbons (Fsp3) is 0.125. The van der Waals surface area contributed by atoms with Crippen molar-refractivity contribution in [3.63, 3.8) is 0 Å². The van der Waals surface area contributed by atoms with E-state index < -0.39 is 0 Å². The normalized spacial score (nSPS) is 15.8. The maximum absolute atomic E-state index is 11.9. The smallest absolute Gasteiger partial charge is 0.276 e. The summed E-state index contributed by atoms with van der Waals surface area (Å²) in [7, 11) is 1.60. The summed E-state index contributed by atoms with van der Waals surface area (Å²) in [5, 5.41) is 4.21. The Morgan fingerprint density at radius 3 is 2.56 bits per heavy atom. The number of amides is 1. The molecule has 5 nitrogen and oxygen atoms in total. The van der Waals surface area contributed by atoms with Gasteiger partial charge in [0.15, 0.2) is 10.9 Å². The second-order valence-electron chi connectivity index (χ2n) is 5.14. The predicted octanol–water partition coefficient (Wildman–Crippen LogP) is 4.51. The molecule has 2 heterocycles. The molecular formula is C16H11Cl3N2O3S. The van der Waals surface area contributed by atoms with Gasteiger partial charge in [0.05, 0.1) is 10.0 Å². The number of carbonyl (C=O) groups is 1. The highest BCUT2D eigenvalue weighted by molar-refractivity contribution is 7.80. The van der Waals surface area contributed by atoms with Crippen LogP contribution in [-0.4, -0.2) is 23.0 Å². The number of carbonyl (C=O) groups excluding carboxylic acids is 1. The average molecular weight is 418 g/mol. The molecule has 1 amide bonds. The molecule has 0 unspecified atom stereocenters. The van der Waals surface area contributed by atoms with Gasteiger partial charge in [0.2, 0.25) is 0 Å². The minimum Gasteiger partial charge on any atom is -0.483 e. The number of furan rings is 1. The number of nitrogens with zero attached hydrogens (tertiary/aromatic N) is 1. The Hall–Kier alpha value is -1.73. The summed E-state index contributed by atoms with van der Waals surface area (Å²) in [6.07, 6.45) is 1.57. The van der Waals surface area contributed by atoms with Crippen molar-refractivity contribution in [1.82, 2.24) is 10.2 Å². The third-order valence-electron chi connectivity index (χ3n) is 3.37. The van der Waals surface area contributed by atoms with Gasteiger partial charge in [-0.1, -0.05) is 34.8 Å². The third-order valence-corrected chi connectivity index (χ3v) is 4.53. The van der Waals surface area contributed by atoms with Crippen molar-refractivity contribution in [2.24, 2.45) is 0 Å². The molecule has 0 radical (unpaired) electrons. The second-order valence-corrected chi connectivity index (χ2v) is 6.78. The molecule has 1 saturated heterocycles. The van der Waals surface area contributed by atoms with Crippen LogP contribution in [-0.2, 0) is 11.4 Å². The van der Waals surface area contributed by atoms with E-state index in [-0.39, 0.29) is 12.5 Å². The molecule has 130 valence electrons. The zero-order valence-electron chi connectivity index (χ0n) is 12.8. The van der Waals surface area contributed by atoms with Crippen molar-refractivity contribution in [2.75, 3.05) is 7.05 Å². The van der Waals surface area contributed by atoms with Gasteiger partial charge in [-0.2, -0.15) is 0 Å². The van der Waals surface area contributed by atoms with Crippen molar-refractivity contribution in [2.45, 2.75) is 6.61 Å². The molecule has 1 fully saturated rings. The van der Waals surface area contributed by atoms with E-state index >= 15 is 0 Å². The third kappa shape index (κ3) is 3.93. The van der Waals surface area contributed by atoms with Crippen molar-refractivity contribution in [3.05, 3.63) is 56.6 Å². The number of halogens is 3. The lowest BCUT2D eigenvalue weighted by molar-refractivity contribution is -0.121. The summed E-state index contributed by atoms with van der Waals surface area (Å²) in [5.41, 5.74) is 0.345. The van der Waals surface area contributed by atoms with Gasteiger partial charge in [0, 0.05) is 18.1 Å². The largest absolute Gasteiger partial charge is 0.483 e. The van der Waals surface area contributed by atoms with Crippen LogP contribution in [0.3, 0.4) is 0 Å². The van der Waals surface area contributed by atoms with E-state index in [2.05, 4.69) is 5.32 Å². The maximum Gasteiger partial charge on any atom is 0.276 e. The Balaban J connectivity index is 1.71. The molecular weight excluding hydrogens is 407 g/mol. The van der Waals surface area contributed by atoms with Gasteiger partial charge in [-0.05, 0) is 36.5 Å². The lowest BCUT2D eigenvalue weighted by Crippen LogP contribution is -2.25. The zero-order valence-corrected chi connectivity index (χ0v) is 15.9. The lowest BCUT2D eigenvalue weighted by atomic mass is 10.3. The molecule has 1 aromatic heterocycles. The number of benzene rings is 1. The predicted molar refractivity (Wildman–Crippen MR) is 101 cm³/mol. The van der Waals surface area contributed by atoms with E-state index in [0.717, 1.165) is 0 Å². The summed E-state index contributed by atoms with van der Waals surface area (Å²) < 4.78 is 11.2. The van der Waals surface area contributed by atoms with Gasteiger partial charge in [0.1, 0.15) is 23.8 Å². The minimum atomic E-state index is -0.223. The number of hydrogen-bond acceptors (Lipinski definition) is 4. The van der Waals surface area contributed by atoms with Crippen LogP contribution in [0.1, 0.15) is 11.5 Å². The summed E-state index contributed by atoms with van der Waals surface area (Å²) in [4.78, 5) is 13.3. The number of rotatable bonds is 4. The first-order valence-corrected chi connectivity index (χ1v) is 8.56. The Kier molecular flexibility index (Phi) is 5.24. The van der Waals surface area contributed by atoms with Gasteiger partial charge in [-0.25, -0.2) is 0 Å². The highest BCUT2D eigenvalue weighted by atomic mass is 35.5. The van der Waals surface area contributed by atoms with Crippen LogP contribution in [0.2, 0.25) is 15.1 Å². The molecule has 0 saturated carbocycles. The van der Waals surface area contributed by atoms with E-state index in [1.165, 1.54) is 4.90 Å². The monoisotopic (exact) mass is 416 g/mol. The van der Waals surface area contributed by atoms with Crippen LogP contribution in [0.15, 0.2) is 34.4 Å². The molecule has 1 aromatic carbocycles. The highest BCUT2D eigenvalue weighted by Gasteiger charge is 2.27. The van der Waals surface area contributed by atoms with Crippen molar-refractivity contribution < 1.29 is 13.9 Å². The average Bonchev–Trinajstić information content (AvgIpc) is 3.07. The van der Waals surface area contributed by atoms with Crippen LogP contribution in [0.25, 0.3) is 6.08 Å². The van der Waals surface area contributed by atoms with E-state index in [4.69, 9.17) is 56.2 Å². The first kappa shape index (κ1) is 18.1. The Labute approximate surface area is 164 Å². The van der Waals surface area contributed by atoms with Gasteiger partial charge in [-0.15, -0.1) is 0 Å². The fourth-order valence-corrected chi connectivity index (χ4v) is 3.24. The molecule has 1 aliphatic heterocycles. The number of likely N-dealkylation sites (N-methyl/N-ethyl adjacent to an activating group) is 1. The fourth-order valence-electron chi connectivity index (χ4n) is 2.13. The molecule has 1 N–H and O–H groups in total. The van der Waals surface area contributed by atoms with Gasteiger partial charge in [-0.3, -0.25) is 9.69 Å². The highest BCUT2D eigenvalue weighted by Crippen LogP contribution is 2.36. The Morgan fingerprint density at radius 2 is 1.96 bits per heavy atom. The van der Waals surface area contributed by atoms with Crippen molar-refractivity contribution in [1.29, 1.82) is 0 Å². The molecule has 3 rings (SSSR count). The van der Waals surface area contributed by atoms with Crippen LogP contribution in [0.5, 0.6) is 5.75 Å². The van der Waals surface area contributed by atoms with E-state index in [9.17, 15) is 4.79 Å².